The van der Waals surface area contributed by atoms with E-state index < -0.39 is 17.2 Å². The van der Waals surface area contributed by atoms with Crippen molar-refractivity contribution in [1.82, 2.24) is 0 Å². The zero-order valence-corrected chi connectivity index (χ0v) is 44.2. The van der Waals surface area contributed by atoms with Gasteiger partial charge in [-0.1, -0.05) is 210 Å². The molecule has 63 heavy (non-hydrogen) atoms. The molecule has 4 N–H and O–H groups in total. The van der Waals surface area contributed by atoms with Crippen LogP contribution in [0.5, 0.6) is 11.5 Å². The van der Waals surface area contributed by atoms with Crippen molar-refractivity contribution in [3.63, 3.8) is 0 Å². The minimum Gasteiger partial charge on any atom is -0.427 e. The molecule has 0 amide bonds. The van der Waals surface area contributed by atoms with E-state index in [1.54, 1.807) is 0 Å². The molecular formula is C55H98O6P2. The standard InChI is InChI=1S/C55H98O6P2/c1-43(2)31-23-15-11-19-27-35-49-51(37-29-21-13-17-25-33-45(5)6)54(61-63(58)59)52(38-30-22-14-18-26-34-46(7)8)50(36-28-20-12-16-24-32-44(3)4)53(49)55(9,10)47-39-41-48(42-40-47)60-62(56)57/h39-46,56-59H,11-38H2,1-10H3. The number of hydrogen-bond donors (Lipinski definition) is 4. The Labute approximate surface area is 391 Å². The van der Waals surface area contributed by atoms with E-state index in [1.807, 2.05) is 12.1 Å². The van der Waals surface area contributed by atoms with E-state index in [0.29, 0.717) is 5.75 Å². The molecule has 0 saturated heterocycles. The second-order valence-electron chi connectivity index (χ2n) is 21.3. The Morgan fingerprint density at radius 1 is 0.397 bits per heavy atom. The topological polar surface area (TPSA) is 99.4 Å². The van der Waals surface area contributed by atoms with Gasteiger partial charge in [-0.2, -0.15) is 0 Å². The fourth-order valence-corrected chi connectivity index (χ4v) is 10.4. The fourth-order valence-electron chi connectivity index (χ4n) is 9.68. The van der Waals surface area contributed by atoms with Crippen LogP contribution in [0.15, 0.2) is 24.3 Å². The van der Waals surface area contributed by atoms with Crippen molar-refractivity contribution in [2.24, 2.45) is 23.7 Å². The van der Waals surface area contributed by atoms with Gasteiger partial charge in [0, 0.05) is 5.41 Å². The molecule has 0 aliphatic carbocycles. The maximum Gasteiger partial charge on any atom is 0.391 e. The Morgan fingerprint density at radius 2 is 0.683 bits per heavy atom. The number of unbranched alkanes of at least 4 members (excludes halogenated alkanes) is 16. The van der Waals surface area contributed by atoms with Crippen LogP contribution >= 0.6 is 17.2 Å². The third-order valence-corrected chi connectivity index (χ3v) is 14.0. The summed E-state index contributed by atoms with van der Waals surface area (Å²) in [6.07, 6.45) is 32.8. The lowest BCUT2D eigenvalue weighted by Gasteiger charge is -2.36. The molecule has 0 aliphatic heterocycles. The zero-order chi connectivity index (χ0) is 46.6. The number of benzene rings is 2. The molecule has 2 rings (SSSR count). The lowest BCUT2D eigenvalue weighted by Crippen LogP contribution is -2.26. The Kier molecular flexibility index (Phi) is 30.5. The molecule has 8 heteroatoms. The van der Waals surface area contributed by atoms with Crippen LogP contribution < -0.4 is 9.05 Å². The molecule has 0 atom stereocenters. The summed E-state index contributed by atoms with van der Waals surface area (Å²) in [6.45, 7) is 23.3. The molecule has 6 nitrogen and oxygen atoms in total. The maximum atomic E-state index is 10.8. The van der Waals surface area contributed by atoms with E-state index in [1.165, 1.54) is 143 Å². The van der Waals surface area contributed by atoms with E-state index in [-0.39, 0.29) is 5.41 Å². The lowest BCUT2D eigenvalue weighted by molar-refractivity contribution is 0.369. The van der Waals surface area contributed by atoms with Gasteiger partial charge in [0.05, 0.1) is 0 Å². The van der Waals surface area contributed by atoms with Crippen molar-refractivity contribution in [1.29, 1.82) is 0 Å². The second kappa shape index (κ2) is 33.3. The lowest BCUT2D eigenvalue weighted by atomic mass is 9.69. The van der Waals surface area contributed by atoms with E-state index in [4.69, 9.17) is 9.05 Å². The van der Waals surface area contributed by atoms with Crippen molar-refractivity contribution in [2.45, 2.75) is 254 Å². The minimum absolute atomic E-state index is 0.389. The van der Waals surface area contributed by atoms with Gasteiger partial charge in [-0.05, 0) is 121 Å². The fraction of sp³-hybridized carbons (Fsp3) is 0.782. The summed E-state index contributed by atoms with van der Waals surface area (Å²) < 4.78 is 11.7. The highest BCUT2D eigenvalue weighted by atomic mass is 31.2. The predicted molar refractivity (Wildman–Crippen MR) is 274 cm³/mol. The Hall–Kier alpha value is -1.26. The van der Waals surface area contributed by atoms with E-state index >= 15 is 0 Å². The molecular weight excluding hydrogens is 819 g/mol. The molecule has 0 saturated carbocycles. The van der Waals surface area contributed by atoms with Gasteiger partial charge in [0.2, 0.25) is 0 Å². The van der Waals surface area contributed by atoms with Gasteiger partial charge < -0.3 is 28.6 Å². The molecule has 0 radical (unpaired) electrons. The monoisotopic (exact) mass is 917 g/mol. The van der Waals surface area contributed by atoms with Crippen molar-refractivity contribution in [3.8, 4) is 11.5 Å². The van der Waals surface area contributed by atoms with Gasteiger partial charge in [-0.15, -0.1) is 0 Å². The third kappa shape index (κ3) is 24.4. The highest BCUT2D eigenvalue weighted by Crippen LogP contribution is 2.48. The van der Waals surface area contributed by atoms with Crippen LogP contribution in [0.25, 0.3) is 0 Å². The number of rotatable bonds is 38. The quantitative estimate of drug-likeness (QED) is 0.0396. The summed E-state index contributed by atoms with van der Waals surface area (Å²) in [5.41, 5.74) is 7.35. The molecule has 0 aliphatic rings. The highest BCUT2D eigenvalue weighted by Gasteiger charge is 2.34. The predicted octanol–water partition coefficient (Wildman–Crippen LogP) is 17.3. The normalized spacial score (nSPS) is 12.4. The van der Waals surface area contributed by atoms with Crippen molar-refractivity contribution >= 4 is 17.2 Å². The summed E-state index contributed by atoms with van der Waals surface area (Å²) in [4.78, 5) is 40.8. The first-order chi connectivity index (χ1) is 30.0. The molecule has 0 bridgehead atoms. The van der Waals surface area contributed by atoms with Crippen molar-refractivity contribution in [3.05, 3.63) is 57.6 Å². The summed E-state index contributed by atoms with van der Waals surface area (Å²) in [5.74, 6) is 4.20. The molecule has 0 spiro atoms. The summed E-state index contributed by atoms with van der Waals surface area (Å²) >= 11 is 0. The first-order valence-electron chi connectivity index (χ1n) is 26.1. The average Bonchev–Trinajstić information content (AvgIpc) is 3.20. The largest absolute Gasteiger partial charge is 0.427 e. The van der Waals surface area contributed by atoms with Crippen molar-refractivity contribution in [2.75, 3.05) is 0 Å². The first kappa shape index (κ1) is 57.9. The highest BCUT2D eigenvalue weighted by molar-refractivity contribution is 7.40. The third-order valence-electron chi connectivity index (χ3n) is 13.3. The molecule has 364 valence electrons. The average molecular weight is 917 g/mol. The second-order valence-corrected chi connectivity index (χ2v) is 22.6. The Morgan fingerprint density at radius 3 is 0.984 bits per heavy atom. The van der Waals surface area contributed by atoms with Gasteiger partial charge in [-0.3, -0.25) is 0 Å². The van der Waals surface area contributed by atoms with Gasteiger partial charge in [0.15, 0.2) is 0 Å². The van der Waals surface area contributed by atoms with E-state index in [0.717, 1.165) is 99.2 Å². The van der Waals surface area contributed by atoms with Crippen LogP contribution in [0.4, 0.5) is 0 Å². The van der Waals surface area contributed by atoms with Crippen LogP contribution in [-0.4, -0.2) is 19.6 Å². The first-order valence-corrected chi connectivity index (χ1v) is 28.4. The molecule has 0 fully saturated rings. The SMILES string of the molecule is CC(C)CCCCCCCc1c(CCCCCCCC(C)C)c(C(C)(C)c2ccc(OP(O)O)cc2)c(CCCCCCCC(C)C)c(CCCCCCCC(C)C)c1OP(O)O. The smallest absolute Gasteiger partial charge is 0.391 e. The molecule has 0 heterocycles. The van der Waals surface area contributed by atoms with Crippen LogP contribution in [0.2, 0.25) is 0 Å². The van der Waals surface area contributed by atoms with E-state index in [9.17, 15) is 19.6 Å². The Bertz CT molecular complexity index is 1380. The minimum atomic E-state index is -2.60. The summed E-state index contributed by atoms with van der Waals surface area (Å²) in [5, 5.41) is 0. The summed E-state index contributed by atoms with van der Waals surface area (Å²) in [7, 11) is -5.11. The van der Waals surface area contributed by atoms with Crippen LogP contribution in [0.1, 0.15) is 257 Å². The van der Waals surface area contributed by atoms with Gasteiger partial charge >= 0.3 is 17.2 Å². The van der Waals surface area contributed by atoms with Gasteiger partial charge in [-0.25, -0.2) is 0 Å². The molecule has 2 aromatic carbocycles. The summed E-state index contributed by atoms with van der Waals surface area (Å²) in [6, 6.07) is 7.94. The maximum absolute atomic E-state index is 10.8. The van der Waals surface area contributed by atoms with Crippen LogP contribution in [0, 0.1) is 23.7 Å². The zero-order valence-electron chi connectivity index (χ0n) is 42.4. The molecule has 2 aromatic rings. The van der Waals surface area contributed by atoms with Gasteiger partial charge in [0.1, 0.15) is 11.5 Å². The van der Waals surface area contributed by atoms with E-state index in [2.05, 4.69) is 81.4 Å². The van der Waals surface area contributed by atoms with Gasteiger partial charge in [0.25, 0.3) is 0 Å². The van der Waals surface area contributed by atoms with Crippen molar-refractivity contribution < 1.29 is 28.6 Å². The van der Waals surface area contributed by atoms with Crippen LogP contribution in [0.3, 0.4) is 0 Å². The molecule has 0 aromatic heterocycles. The number of hydrogen-bond acceptors (Lipinski definition) is 6. The Balaban J connectivity index is 2.82. The molecule has 0 unspecified atom stereocenters. The van der Waals surface area contributed by atoms with Crippen LogP contribution in [-0.2, 0) is 31.1 Å².